The highest BCUT2D eigenvalue weighted by atomic mass is 19.1. The quantitative estimate of drug-likeness (QED) is 0.828. The van der Waals surface area contributed by atoms with E-state index in [1.165, 1.54) is 0 Å². The average molecular weight is 236 g/mol. The molecule has 1 N–H and O–H groups in total. The topological polar surface area (TPSA) is 41.0 Å². The van der Waals surface area contributed by atoms with Crippen molar-refractivity contribution in [2.75, 3.05) is 31.1 Å². The zero-order chi connectivity index (χ0) is 11.8. The summed E-state index contributed by atoms with van der Waals surface area (Å²) in [7, 11) is 0. The van der Waals surface area contributed by atoms with Crippen molar-refractivity contribution in [2.24, 2.45) is 11.8 Å². The molecular weight excluding hydrogens is 219 g/mol. The summed E-state index contributed by atoms with van der Waals surface area (Å²) in [6, 6.07) is 1.95. The van der Waals surface area contributed by atoms with E-state index in [1.54, 1.807) is 0 Å². The number of nitrogens with one attached hydrogen (secondary N) is 1. The Morgan fingerprint density at radius 3 is 2.71 bits per heavy atom. The average Bonchev–Trinajstić information content (AvgIpc) is 2.88. The Labute approximate surface area is 100 Å². The zero-order valence-electron chi connectivity index (χ0n) is 9.99. The van der Waals surface area contributed by atoms with E-state index in [-0.39, 0.29) is 0 Å². The number of anilines is 1. The number of halogens is 1. The van der Waals surface area contributed by atoms with Crippen LogP contribution in [0.25, 0.3) is 0 Å². The van der Waals surface area contributed by atoms with Crippen LogP contribution in [0.2, 0.25) is 0 Å². The smallest absolute Gasteiger partial charge is 0.161 e. The van der Waals surface area contributed by atoms with Gasteiger partial charge in [-0.25, -0.2) is 14.4 Å². The van der Waals surface area contributed by atoms with Gasteiger partial charge in [0.25, 0.3) is 0 Å². The molecule has 2 unspecified atom stereocenters. The summed E-state index contributed by atoms with van der Waals surface area (Å²) in [5.41, 5.74) is 0.845. The van der Waals surface area contributed by atoms with Crippen LogP contribution < -0.4 is 10.2 Å². The summed E-state index contributed by atoms with van der Waals surface area (Å²) < 4.78 is 12.6. The molecule has 0 saturated carbocycles. The molecule has 4 nitrogen and oxygen atoms in total. The lowest BCUT2D eigenvalue weighted by atomic mass is 10.0. The molecule has 0 aliphatic carbocycles. The molecule has 92 valence electrons. The molecular formula is C12H17FN4. The Kier molecular flexibility index (Phi) is 2.70. The highest BCUT2D eigenvalue weighted by molar-refractivity contribution is 5.41. The lowest BCUT2D eigenvalue weighted by Gasteiger charge is -2.19. The lowest BCUT2D eigenvalue weighted by Crippen LogP contribution is -2.26. The summed E-state index contributed by atoms with van der Waals surface area (Å²) in [5, 5.41) is 3.41. The second-order valence-corrected chi connectivity index (χ2v) is 5.00. The van der Waals surface area contributed by atoms with Gasteiger partial charge >= 0.3 is 0 Å². The summed E-state index contributed by atoms with van der Waals surface area (Å²) in [5.74, 6) is 2.63. The van der Waals surface area contributed by atoms with Gasteiger partial charge in [0.1, 0.15) is 12.5 Å². The third-order valence-electron chi connectivity index (χ3n) is 3.72. The highest BCUT2D eigenvalue weighted by Crippen LogP contribution is 2.29. The van der Waals surface area contributed by atoms with Crippen LogP contribution in [0.4, 0.5) is 10.2 Å². The number of rotatable bonds is 2. The molecule has 1 aromatic heterocycles. The van der Waals surface area contributed by atoms with E-state index in [1.807, 2.05) is 13.0 Å². The number of aryl methyl sites for hydroxylation is 1. The Morgan fingerprint density at radius 1 is 1.35 bits per heavy atom. The minimum Gasteiger partial charge on any atom is -0.356 e. The van der Waals surface area contributed by atoms with Gasteiger partial charge in [-0.1, -0.05) is 0 Å². The van der Waals surface area contributed by atoms with Gasteiger partial charge in [0, 0.05) is 37.9 Å². The van der Waals surface area contributed by atoms with E-state index >= 15 is 0 Å². The Balaban J connectivity index is 1.82. The summed E-state index contributed by atoms with van der Waals surface area (Å²) >= 11 is 0. The van der Waals surface area contributed by atoms with Crippen LogP contribution in [0.15, 0.2) is 6.07 Å². The van der Waals surface area contributed by atoms with Crippen LogP contribution in [0.5, 0.6) is 0 Å². The van der Waals surface area contributed by atoms with Crippen molar-refractivity contribution in [3.8, 4) is 0 Å². The molecule has 2 aliphatic rings. The second-order valence-electron chi connectivity index (χ2n) is 5.00. The van der Waals surface area contributed by atoms with E-state index in [9.17, 15) is 4.39 Å². The predicted molar refractivity (Wildman–Crippen MR) is 63.6 cm³/mol. The Morgan fingerprint density at radius 2 is 2.06 bits per heavy atom. The molecule has 2 aliphatic heterocycles. The molecule has 2 atom stereocenters. The number of hydrogen-bond acceptors (Lipinski definition) is 4. The van der Waals surface area contributed by atoms with Crippen LogP contribution in [-0.4, -0.2) is 36.1 Å². The predicted octanol–water partition coefficient (Wildman–Crippen LogP) is 0.910. The van der Waals surface area contributed by atoms with E-state index in [4.69, 9.17) is 0 Å². The van der Waals surface area contributed by atoms with Crippen molar-refractivity contribution in [3.63, 3.8) is 0 Å². The Bertz CT molecular complexity index is 411. The van der Waals surface area contributed by atoms with Crippen LogP contribution in [0.1, 0.15) is 11.5 Å². The largest absolute Gasteiger partial charge is 0.356 e. The molecule has 1 aromatic rings. The summed E-state index contributed by atoms with van der Waals surface area (Å²) in [6.45, 7) is 5.56. The van der Waals surface area contributed by atoms with Crippen molar-refractivity contribution in [2.45, 2.75) is 13.6 Å². The first-order chi connectivity index (χ1) is 8.26. The molecule has 0 amide bonds. The maximum absolute atomic E-state index is 12.6. The molecule has 3 heterocycles. The first-order valence-corrected chi connectivity index (χ1v) is 6.12. The molecule has 0 radical (unpaired) electrons. The fraction of sp³-hybridized carbons (Fsp3) is 0.667. The molecule has 2 saturated heterocycles. The SMILES string of the molecule is Cc1cc(N2CC3CNCC3C2)nc(CF)n1. The van der Waals surface area contributed by atoms with E-state index < -0.39 is 6.67 Å². The van der Waals surface area contributed by atoms with E-state index in [0.29, 0.717) is 5.82 Å². The van der Waals surface area contributed by atoms with Gasteiger partial charge in [-0.05, 0) is 18.8 Å². The fourth-order valence-corrected chi connectivity index (χ4v) is 2.88. The summed E-state index contributed by atoms with van der Waals surface area (Å²) in [4.78, 5) is 10.6. The zero-order valence-corrected chi connectivity index (χ0v) is 9.99. The molecule has 3 rings (SSSR count). The van der Waals surface area contributed by atoms with Gasteiger partial charge in [-0.2, -0.15) is 0 Å². The molecule has 2 fully saturated rings. The van der Waals surface area contributed by atoms with Crippen LogP contribution >= 0.6 is 0 Å². The molecule has 0 spiro atoms. The first-order valence-electron chi connectivity index (χ1n) is 6.12. The number of nitrogens with zero attached hydrogens (tertiary/aromatic N) is 3. The van der Waals surface area contributed by atoms with Gasteiger partial charge in [-0.15, -0.1) is 0 Å². The Hall–Kier alpha value is -1.23. The number of fused-ring (bicyclic) bond motifs is 1. The molecule has 17 heavy (non-hydrogen) atoms. The molecule has 0 aromatic carbocycles. The van der Waals surface area contributed by atoms with Crippen LogP contribution in [0.3, 0.4) is 0 Å². The monoisotopic (exact) mass is 236 g/mol. The van der Waals surface area contributed by atoms with Crippen molar-refractivity contribution < 1.29 is 4.39 Å². The number of alkyl halides is 1. The lowest BCUT2D eigenvalue weighted by molar-refractivity contribution is 0.464. The van der Waals surface area contributed by atoms with Gasteiger partial charge in [0.2, 0.25) is 0 Å². The van der Waals surface area contributed by atoms with Crippen molar-refractivity contribution in [1.29, 1.82) is 0 Å². The van der Waals surface area contributed by atoms with Crippen LogP contribution in [0, 0.1) is 18.8 Å². The van der Waals surface area contributed by atoms with Gasteiger partial charge < -0.3 is 10.2 Å². The van der Waals surface area contributed by atoms with Crippen molar-refractivity contribution >= 4 is 5.82 Å². The third kappa shape index (κ3) is 1.99. The number of aromatic nitrogens is 2. The van der Waals surface area contributed by atoms with Gasteiger partial charge in [0.05, 0.1) is 0 Å². The fourth-order valence-electron chi connectivity index (χ4n) is 2.88. The molecule has 5 heteroatoms. The minimum atomic E-state index is -0.586. The summed E-state index contributed by atoms with van der Waals surface area (Å²) in [6.07, 6.45) is 0. The second kappa shape index (κ2) is 4.22. The van der Waals surface area contributed by atoms with Crippen molar-refractivity contribution in [3.05, 3.63) is 17.6 Å². The normalized spacial score (nSPS) is 27.5. The first kappa shape index (κ1) is 10.9. The maximum atomic E-state index is 12.6. The van der Waals surface area contributed by atoms with Gasteiger partial charge in [0.15, 0.2) is 5.82 Å². The third-order valence-corrected chi connectivity index (χ3v) is 3.72. The van der Waals surface area contributed by atoms with Crippen molar-refractivity contribution in [1.82, 2.24) is 15.3 Å². The van der Waals surface area contributed by atoms with E-state index in [2.05, 4.69) is 20.2 Å². The van der Waals surface area contributed by atoms with E-state index in [0.717, 1.165) is 49.5 Å². The number of hydrogen-bond donors (Lipinski definition) is 1. The highest BCUT2D eigenvalue weighted by Gasteiger charge is 2.36. The minimum absolute atomic E-state index is 0.301. The van der Waals surface area contributed by atoms with Gasteiger partial charge in [-0.3, -0.25) is 0 Å². The molecule has 0 bridgehead atoms. The standard InChI is InChI=1S/C12H17FN4/c1-8-2-12(16-11(3-13)15-8)17-6-9-4-14-5-10(9)7-17/h2,9-10,14H,3-7H2,1H3. The van der Waals surface area contributed by atoms with Crippen LogP contribution in [-0.2, 0) is 6.67 Å². The maximum Gasteiger partial charge on any atom is 0.161 e.